The maximum absolute atomic E-state index is 11.8. The fourth-order valence-corrected chi connectivity index (χ4v) is 4.79. The van der Waals surface area contributed by atoms with Crippen LogP contribution in [0, 0.1) is 0 Å². The molecule has 6 nitrogen and oxygen atoms in total. The summed E-state index contributed by atoms with van der Waals surface area (Å²) < 4.78 is 10.3. The first-order valence-corrected chi connectivity index (χ1v) is 8.97. The third-order valence-electron chi connectivity index (χ3n) is 3.92. The van der Waals surface area contributed by atoms with Crippen molar-refractivity contribution in [2.45, 2.75) is 12.8 Å². The van der Waals surface area contributed by atoms with Crippen LogP contribution in [-0.4, -0.2) is 22.3 Å². The molecule has 1 aliphatic carbocycles. The summed E-state index contributed by atoms with van der Waals surface area (Å²) in [5.41, 5.74) is 8.68. The van der Waals surface area contributed by atoms with E-state index in [-0.39, 0.29) is 0 Å². The molecule has 0 radical (unpaired) electrons. The van der Waals surface area contributed by atoms with E-state index < -0.39 is 5.91 Å². The molecule has 8 heteroatoms. The number of nitrogens with two attached hydrogens (primary N) is 1. The van der Waals surface area contributed by atoms with Crippen molar-refractivity contribution < 1.29 is 9.53 Å². The van der Waals surface area contributed by atoms with Crippen molar-refractivity contribution in [1.82, 2.24) is 9.36 Å². The summed E-state index contributed by atoms with van der Waals surface area (Å²) in [4.78, 5) is 17.7. The first kappa shape index (κ1) is 15.1. The second kappa shape index (κ2) is 5.88. The van der Waals surface area contributed by atoms with Crippen LogP contribution in [-0.2, 0) is 12.8 Å². The van der Waals surface area contributed by atoms with Crippen LogP contribution in [0.15, 0.2) is 24.5 Å². The van der Waals surface area contributed by atoms with Crippen LogP contribution in [0.4, 0.5) is 5.82 Å². The number of anilines is 1. The summed E-state index contributed by atoms with van der Waals surface area (Å²) in [6.45, 7) is 0. The maximum atomic E-state index is 11.8. The average Bonchev–Trinajstić information content (AvgIpc) is 3.19. The van der Waals surface area contributed by atoms with Gasteiger partial charge in [-0.05, 0) is 47.6 Å². The molecule has 0 aliphatic heterocycles. The van der Waals surface area contributed by atoms with Crippen molar-refractivity contribution >= 4 is 34.6 Å². The van der Waals surface area contributed by atoms with Crippen molar-refractivity contribution in [3.05, 3.63) is 40.5 Å². The number of ether oxygens (including phenoxy) is 1. The van der Waals surface area contributed by atoms with Gasteiger partial charge in [-0.3, -0.25) is 4.79 Å². The van der Waals surface area contributed by atoms with Gasteiger partial charge in [-0.25, -0.2) is 9.36 Å². The van der Waals surface area contributed by atoms with Crippen LogP contribution in [0.2, 0.25) is 0 Å². The molecule has 4 rings (SSSR count). The molecule has 0 saturated carbocycles. The van der Waals surface area contributed by atoms with Gasteiger partial charge in [0.05, 0.1) is 21.5 Å². The second-order valence-electron chi connectivity index (χ2n) is 5.35. The molecular weight excluding hydrogens is 344 g/mol. The van der Waals surface area contributed by atoms with Crippen molar-refractivity contribution in [2.75, 3.05) is 12.4 Å². The van der Waals surface area contributed by atoms with Gasteiger partial charge in [0.15, 0.2) is 5.06 Å². The highest BCUT2D eigenvalue weighted by atomic mass is 32.1. The molecular formula is C16H14N4O2S2. The van der Waals surface area contributed by atoms with Crippen LogP contribution in [0.3, 0.4) is 0 Å². The first-order valence-electron chi connectivity index (χ1n) is 7.38. The second-order valence-corrected chi connectivity index (χ2v) is 7.13. The minimum Gasteiger partial charge on any atom is -0.444 e. The van der Waals surface area contributed by atoms with E-state index >= 15 is 0 Å². The molecule has 3 heterocycles. The molecule has 24 heavy (non-hydrogen) atoms. The number of carbonyl (C=O) groups excluding carboxylic acids is 1. The number of hydrogen-bond acceptors (Lipinski definition) is 7. The van der Waals surface area contributed by atoms with Gasteiger partial charge >= 0.3 is 0 Å². The first-order chi connectivity index (χ1) is 11.7. The van der Waals surface area contributed by atoms with E-state index in [1.807, 2.05) is 25.4 Å². The summed E-state index contributed by atoms with van der Waals surface area (Å²) in [5.74, 6) is 0.964. The van der Waals surface area contributed by atoms with E-state index in [2.05, 4.69) is 14.7 Å². The van der Waals surface area contributed by atoms with Gasteiger partial charge in [-0.1, -0.05) is 11.3 Å². The van der Waals surface area contributed by atoms with Crippen LogP contribution in [0.25, 0.3) is 10.4 Å². The highest BCUT2D eigenvalue weighted by Crippen LogP contribution is 2.49. The number of amides is 1. The van der Waals surface area contributed by atoms with Crippen LogP contribution >= 0.6 is 22.9 Å². The lowest BCUT2D eigenvalue weighted by Gasteiger charge is -2.14. The Morgan fingerprint density at radius 2 is 2.21 bits per heavy atom. The van der Waals surface area contributed by atoms with Gasteiger partial charge in [0.25, 0.3) is 5.91 Å². The number of primary amides is 1. The predicted molar refractivity (Wildman–Crippen MR) is 95.2 cm³/mol. The van der Waals surface area contributed by atoms with E-state index in [0.29, 0.717) is 15.7 Å². The standard InChI is InChI=1S/C16H14N4O2S2/c1-18-11-5-3-9(7-19-11)22-16-12-10(14(23-16)15(17)21)4-2-8-6-20-24-13(8)12/h3,5-7H,2,4H2,1H3,(H2,17,21)(H,18,19). The molecule has 3 aromatic heterocycles. The summed E-state index contributed by atoms with van der Waals surface area (Å²) in [7, 11) is 1.81. The number of carbonyl (C=O) groups is 1. The molecule has 1 amide bonds. The minimum absolute atomic E-state index is 0.414. The number of nitrogens with zero attached hydrogens (tertiary/aromatic N) is 2. The summed E-state index contributed by atoms with van der Waals surface area (Å²) in [5, 5.41) is 3.63. The number of nitrogens with one attached hydrogen (secondary N) is 1. The topological polar surface area (TPSA) is 90.1 Å². The van der Waals surface area contributed by atoms with E-state index in [9.17, 15) is 4.79 Å². The zero-order valence-electron chi connectivity index (χ0n) is 12.8. The molecule has 0 unspecified atom stereocenters. The van der Waals surface area contributed by atoms with Gasteiger partial charge in [0.1, 0.15) is 11.6 Å². The van der Waals surface area contributed by atoms with Crippen molar-refractivity contribution in [3.63, 3.8) is 0 Å². The number of rotatable bonds is 4. The Labute approximate surface area is 146 Å². The highest BCUT2D eigenvalue weighted by Gasteiger charge is 2.29. The predicted octanol–water partition coefficient (Wildman–Crippen LogP) is 3.30. The van der Waals surface area contributed by atoms with Crippen molar-refractivity contribution in [2.24, 2.45) is 5.73 Å². The third kappa shape index (κ3) is 2.44. The van der Waals surface area contributed by atoms with Crippen LogP contribution < -0.4 is 15.8 Å². The fraction of sp³-hybridized carbons (Fsp3) is 0.188. The molecule has 122 valence electrons. The molecule has 3 aromatic rings. The number of aromatic nitrogens is 2. The maximum Gasteiger partial charge on any atom is 0.259 e. The number of fused-ring (bicyclic) bond motifs is 3. The Morgan fingerprint density at radius 1 is 1.33 bits per heavy atom. The summed E-state index contributed by atoms with van der Waals surface area (Å²) in [6, 6.07) is 3.67. The van der Waals surface area contributed by atoms with E-state index in [0.717, 1.165) is 34.7 Å². The lowest BCUT2D eigenvalue weighted by molar-refractivity contribution is 0.100. The fourth-order valence-electron chi connectivity index (χ4n) is 2.78. The van der Waals surface area contributed by atoms with Crippen molar-refractivity contribution in [3.8, 4) is 21.3 Å². The third-order valence-corrected chi connectivity index (χ3v) is 5.90. The monoisotopic (exact) mass is 358 g/mol. The van der Waals surface area contributed by atoms with Crippen LogP contribution in [0.1, 0.15) is 20.8 Å². The van der Waals surface area contributed by atoms with Gasteiger partial charge in [-0.15, -0.1) is 0 Å². The lowest BCUT2D eigenvalue weighted by atomic mass is 9.93. The Balaban J connectivity index is 1.79. The number of pyridine rings is 1. The quantitative estimate of drug-likeness (QED) is 0.747. The molecule has 0 aromatic carbocycles. The molecule has 0 fully saturated rings. The zero-order chi connectivity index (χ0) is 16.7. The molecule has 0 spiro atoms. The SMILES string of the molecule is CNc1ccc(Oc2sc(C(N)=O)c3c2-c2sncc2CC3)cn1. The molecule has 3 N–H and O–H groups in total. The van der Waals surface area contributed by atoms with E-state index in [4.69, 9.17) is 10.5 Å². The van der Waals surface area contributed by atoms with Crippen molar-refractivity contribution in [1.29, 1.82) is 0 Å². The minimum atomic E-state index is -0.414. The molecule has 0 saturated heterocycles. The Hall–Kier alpha value is -2.45. The Morgan fingerprint density at radius 3 is 2.92 bits per heavy atom. The lowest BCUT2D eigenvalue weighted by Crippen LogP contribution is -2.12. The van der Waals surface area contributed by atoms with Gasteiger partial charge < -0.3 is 15.8 Å². The Bertz CT molecular complexity index is 915. The van der Waals surface area contributed by atoms with Gasteiger partial charge in [0.2, 0.25) is 0 Å². The number of hydrogen-bond donors (Lipinski definition) is 2. The van der Waals surface area contributed by atoms with Crippen LogP contribution in [0.5, 0.6) is 10.8 Å². The molecule has 1 aliphatic rings. The van der Waals surface area contributed by atoms with Gasteiger partial charge in [0, 0.05) is 13.2 Å². The molecule has 0 atom stereocenters. The van der Waals surface area contributed by atoms with E-state index in [1.165, 1.54) is 28.4 Å². The summed E-state index contributed by atoms with van der Waals surface area (Å²) >= 11 is 2.72. The smallest absolute Gasteiger partial charge is 0.259 e. The molecule has 0 bridgehead atoms. The number of aryl methyl sites for hydroxylation is 1. The van der Waals surface area contributed by atoms with Gasteiger partial charge in [-0.2, -0.15) is 0 Å². The highest BCUT2D eigenvalue weighted by molar-refractivity contribution is 7.17. The summed E-state index contributed by atoms with van der Waals surface area (Å²) in [6.07, 6.45) is 5.18. The largest absolute Gasteiger partial charge is 0.444 e. The average molecular weight is 358 g/mol. The zero-order valence-corrected chi connectivity index (χ0v) is 14.5. The number of thiophene rings is 1. The Kier molecular flexibility index (Phi) is 3.70. The van der Waals surface area contributed by atoms with E-state index in [1.54, 1.807) is 6.20 Å². The normalized spacial score (nSPS) is 12.4.